The molecule has 29 heavy (non-hydrogen) atoms. The highest BCUT2D eigenvalue weighted by Gasteiger charge is 2.38. The molecule has 4 nitrogen and oxygen atoms in total. The second kappa shape index (κ2) is 7.81. The molecule has 0 radical (unpaired) electrons. The average Bonchev–Trinajstić information content (AvgIpc) is 2.71. The van der Waals surface area contributed by atoms with Gasteiger partial charge in [0.05, 0.1) is 0 Å². The number of pyridine rings is 2. The van der Waals surface area contributed by atoms with Crippen LogP contribution in [0, 0.1) is 0 Å². The quantitative estimate of drug-likeness (QED) is 0.345. The van der Waals surface area contributed by atoms with E-state index >= 15 is 0 Å². The number of aryl methyl sites for hydroxylation is 1. The van der Waals surface area contributed by atoms with Crippen LogP contribution >= 0.6 is 0 Å². The zero-order chi connectivity index (χ0) is 20.4. The van der Waals surface area contributed by atoms with Crippen LogP contribution in [-0.2, 0) is 11.2 Å². The summed E-state index contributed by atoms with van der Waals surface area (Å²) < 4.78 is 36.4. The van der Waals surface area contributed by atoms with Crippen LogP contribution in [0.4, 0.5) is 13.2 Å². The topological polar surface area (TPSA) is 54.9 Å². The fraction of sp³-hybridized carbons (Fsp3) is 0.318. The first-order valence-corrected chi connectivity index (χ1v) is 9.66. The summed E-state index contributed by atoms with van der Waals surface area (Å²) in [7, 11) is 0. The normalized spacial score (nSPS) is 12.2. The van der Waals surface area contributed by atoms with Crippen molar-refractivity contribution in [2.45, 2.75) is 38.3 Å². The standard InChI is InChI=1S/C22H20F3N3O/c23-22(24,25)21(29)27-10-4-2-1-3-5-18-17-9-8-15-12-26-11-14-6-7-16(13-28-18)20(17)19(14)15/h6-9,11-13H,1-5,10H2,(H,27,29). The average molecular weight is 399 g/mol. The van der Waals surface area contributed by atoms with Crippen molar-refractivity contribution < 1.29 is 18.0 Å². The number of hydrogen-bond acceptors (Lipinski definition) is 3. The van der Waals surface area contributed by atoms with Crippen molar-refractivity contribution in [1.82, 2.24) is 15.3 Å². The number of nitrogens with zero attached hydrogens (tertiary/aromatic N) is 2. The zero-order valence-electron chi connectivity index (χ0n) is 15.7. The Morgan fingerprint density at radius 1 is 0.862 bits per heavy atom. The van der Waals surface area contributed by atoms with Crippen molar-refractivity contribution in [3.8, 4) is 0 Å². The maximum atomic E-state index is 12.1. The lowest BCUT2D eigenvalue weighted by Gasteiger charge is -2.13. The number of nitrogens with one attached hydrogen (secondary N) is 1. The van der Waals surface area contributed by atoms with Crippen molar-refractivity contribution in [1.29, 1.82) is 0 Å². The van der Waals surface area contributed by atoms with Gasteiger partial charge >= 0.3 is 12.1 Å². The van der Waals surface area contributed by atoms with E-state index in [2.05, 4.69) is 34.2 Å². The number of aromatic nitrogens is 2. The molecular formula is C22H20F3N3O. The highest BCUT2D eigenvalue weighted by atomic mass is 19.4. The number of benzene rings is 2. The molecular weight excluding hydrogens is 379 g/mol. The van der Waals surface area contributed by atoms with Crippen molar-refractivity contribution in [3.05, 3.63) is 48.5 Å². The van der Waals surface area contributed by atoms with Gasteiger partial charge in [-0.2, -0.15) is 13.2 Å². The van der Waals surface area contributed by atoms with Crippen molar-refractivity contribution >= 4 is 38.2 Å². The van der Waals surface area contributed by atoms with E-state index in [1.807, 2.05) is 23.9 Å². The smallest absolute Gasteiger partial charge is 0.348 e. The van der Waals surface area contributed by atoms with Gasteiger partial charge in [-0.05, 0) is 19.3 Å². The molecule has 2 aromatic heterocycles. The van der Waals surface area contributed by atoms with E-state index in [4.69, 9.17) is 0 Å². The van der Waals surface area contributed by atoms with Gasteiger partial charge in [-0.3, -0.25) is 14.8 Å². The third kappa shape index (κ3) is 3.95. The number of halogens is 3. The van der Waals surface area contributed by atoms with E-state index in [0.717, 1.165) is 52.9 Å². The highest BCUT2D eigenvalue weighted by Crippen LogP contribution is 2.34. The van der Waals surface area contributed by atoms with E-state index in [-0.39, 0.29) is 6.54 Å². The molecule has 0 aliphatic carbocycles. The first kappa shape index (κ1) is 19.4. The zero-order valence-corrected chi connectivity index (χ0v) is 15.7. The van der Waals surface area contributed by atoms with E-state index in [9.17, 15) is 18.0 Å². The summed E-state index contributed by atoms with van der Waals surface area (Å²) in [6.45, 7) is 0.0450. The van der Waals surface area contributed by atoms with E-state index in [1.54, 1.807) is 0 Å². The van der Waals surface area contributed by atoms with Crippen LogP contribution in [0.5, 0.6) is 0 Å². The minimum absolute atomic E-state index is 0.0450. The molecule has 0 unspecified atom stereocenters. The summed E-state index contributed by atoms with van der Waals surface area (Å²) in [6, 6.07) is 8.31. The van der Waals surface area contributed by atoms with Crippen LogP contribution < -0.4 is 5.32 Å². The Hall–Kier alpha value is -2.96. The SMILES string of the molecule is O=C(NCCCCCCc1ncc2ccc3cncc4ccc1c2c34)C(F)(F)F. The van der Waals surface area contributed by atoms with Gasteiger partial charge in [0.15, 0.2) is 0 Å². The van der Waals surface area contributed by atoms with E-state index in [0.29, 0.717) is 6.42 Å². The van der Waals surface area contributed by atoms with Gasteiger partial charge in [-0.25, -0.2) is 0 Å². The predicted octanol–water partition coefficient (Wildman–Crippen LogP) is 5.16. The second-order valence-electron chi connectivity index (χ2n) is 7.23. The number of amides is 1. The third-order valence-corrected chi connectivity index (χ3v) is 5.24. The Kier molecular flexibility index (Phi) is 5.22. The van der Waals surface area contributed by atoms with Crippen LogP contribution in [0.25, 0.3) is 32.3 Å². The Morgan fingerprint density at radius 2 is 1.52 bits per heavy atom. The van der Waals surface area contributed by atoms with E-state index in [1.165, 1.54) is 10.8 Å². The fourth-order valence-corrected chi connectivity index (χ4v) is 3.83. The van der Waals surface area contributed by atoms with Gasteiger partial charge in [0, 0.05) is 63.1 Å². The highest BCUT2D eigenvalue weighted by molar-refractivity contribution is 6.22. The molecule has 7 heteroatoms. The minimum atomic E-state index is -4.81. The maximum absolute atomic E-state index is 12.1. The second-order valence-corrected chi connectivity index (χ2v) is 7.23. The lowest BCUT2D eigenvalue weighted by Crippen LogP contribution is -2.37. The molecule has 0 saturated carbocycles. The molecule has 0 spiro atoms. The number of alkyl halides is 3. The Morgan fingerprint density at radius 3 is 2.24 bits per heavy atom. The van der Waals surface area contributed by atoms with Gasteiger partial charge in [-0.1, -0.05) is 37.1 Å². The van der Waals surface area contributed by atoms with Crippen molar-refractivity contribution in [2.24, 2.45) is 0 Å². The molecule has 2 aromatic carbocycles. The fourth-order valence-electron chi connectivity index (χ4n) is 3.83. The Labute approximate surface area is 165 Å². The first-order valence-electron chi connectivity index (χ1n) is 9.66. The van der Waals surface area contributed by atoms with Crippen LogP contribution in [0.15, 0.2) is 42.9 Å². The monoisotopic (exact) mass is 399 g/mol. The van der Waals surface area contributed by atoms with Crippen LogP contribution in [0.1, 0.15) is 31.4 Å². The Bertz CT molecular complexity index is 1140. The molecule has 0 fully saturated rings. The van der Waals surface area contributed by atoms with Crippen LogP contribution in [0.2, 0.25) is 0 Å². The summed E-state index contributed by atoms with van der Waals surface area (Å²) in [5.41, 5.74) is 1.04. The van der Waals surface area contributed by atoms with Crippen LogP contribution in [0.3, 0.4) is 0 Å². The van der Waals surface area contributed by atoms with Crippen molar-refractivity contribution in [3.63, 3.8) is 0 Å². The lowest BCUT2D eigenvalue weighted by molar-refractivity contribution is -0.173. The van der Waals surface area contributed by atoms with Gasteiger partial charge in [0.2, 0.25) is 0 Å². The molecule has 1 amide bonds. The van der Waals surface area contributed by atoms with Gasteiger partial charge in [0.25, 0.3) is 0 Å². The molecule has 1 N–H and O–H groups in total. The van der Waals surface area contributed by atoms with Gasteiger partial charge < -0.3 is 5.32 Å². The third-order valence-electron chi connectivity index (χ3n) is 5.24. The van der Waals surface area contributed by atoms with Gasteiger partial charge in [-0.15, -0.1) is 0 Å². The van der Waals surface area contributed by atoms with Gasteiger partial charge in [0.1, 0.15) is 0 Å². The van der Waals surface area contributed by atoms with Crippen molar-refractivity contribution in [2.75, 3.05) is 6.54 Å². The summed E-state index contributed by atoms with van der Waals surface area (Å²) in [5.74, 6) is -1.87. The molecule has 0 aliphatic heterocycles. The molecule has 4 aromatic rings. The summed E-state index contributed by atoms with van der Waals surface area (Å²) >= 11 is 0. The molecule has 2 heterocycles. The molecule has 0 aliphatic rings. The molecule has 0 bridgehead atoms. The largest absolute Gasteiger partial charge is 0.471 e. The molecule has 0 saturated heterocycles. The number of hydrogen-bond donors (Lipinski definition) is 1. The van der Waals surface area contributed by atoms with E-state index < -0.39 is 12.1 Å². The first-order chi connectivity index (χ1) is 13.9. The molecule has 150 valence electrons. The number of unbranched alkanes of at least 4 members (excludes halogenated alkanes) is 3. The molecule has 0 atom stereocenters. The van der Waals surface area contributed by atoms with Crippen LogP contribution in [-0.4, -0.2) is 28.6 Å². The maximum Gasteiger partial charge on any atom is 0.471 e. The predicted molar refractivity (Wildman–Crippen MR) is 107 cm³/mol. The number of carbonyl (C=O) groups is 1. The summed E-state index contributed by atoms with van der Waals surface area (Å²) in [6.07, 6.45) is 4.71. The lowest BCUT2D eigenvalue weighted by atomic mass is 9.95. The summed E-state index contributed by atoms with van der Waals surface area (Å²) in [5, 5.41) is 8.79. The summed E-state index contributed by atoms with van der Waals surface area (Å²) in [4.78, 5) is 19.7. The number of carbonyl (C=O) groups excluding carboxylic acids is 1. The Balaban J connectivity index is 1.38. The minimum Gasteiger partial charge on any atom is -0.348 e. The molecule has 4 rings (SSSR count). The number of rotatable bonds is 7.